The molecule has 28 heavy (non-hydrogen) atoms. The van der Waals surface area contributed by atoms with Crippen LogP contribution in [0.5, 0.6) is 5.75 Å². The number of aliphatic hydroxyl groups excluding tert-OH is 2. The van der Waals surface area contributed by atoms with Crippen LogP contribution in [0.1, 0.15) is 24.1 Å². The van der Waals surface area contributed by atoms with Crippen LogP contribution in [-0.2, 0) is 9.59 Å². The molecule has 1 aliphatic heterocycles. The van der Waals surface area contributed by atoms with Crippen molar-refractivity contribution in [3.8, 4) is 5.75 Å². The lowest BCUT2D eigenvalue weighted by Crippen LogP contribution is -2.32. The Hall–Kier alpha value is -3.19. The highest BCUT2D eigenvalue weighted by Crippen LogP contribution is 2.39. The first-order chi connectivity index (χ1) is 13.5. The molecule has 7 heteroatoms. The number of Topliss-reactive ketones (excluding diaryl/α,β-unsaturated/α-hetero) is 1. The maximum Gasteiger partial charge on any atom is 0.295 e. The molecule has 1 amide bonds. The molecule has 2 aromatic carbocycles. The first-order valence-corrected chi connectivity index (χ1v) is 8.86. The number of rotatable bonds is 6. The summed E-state index contributed by atoms with van der Waals surface area (Å²) >= 11 is 0. The number of amides is 1. The number of ether oxygens (including phenoxy) is 1. The van der Waals surface area contributed by atoms with Crippen molar-refractivity contribution in [3.63, 3.8) is 0 Å². The number of halogens is 1. The molecule has 1 saturated heterocycles. The van der Waals surface area contributed by atoms with Crippen molar-refractivity contribution in [2.75, 3.05) is 19.8 Å². The van der Waals surface area contributed by atoms with E-state index in [9.17, 15) is 24.2 Å². The van der Waals surface area contributed by atoms with Crippen molar-refractivity contribution in [2.24, 2.45) is 0 Å². The summed E-state index contributed by atoms with van der Waals surface area (Å²) in [4.78, 5) is 26.3. The quantitative estimate of drug-likeness (QED) is 0.454. The average Bonchev–Trinajstić information content (AvgIpc) is 2.94. The summed E-state index contributed by atoms with van der Waals surface area (Å²) < 4.78 is 18.6. The highest BCUT2D eigenvalue weighted by Gasteiger charge is 2.45. The molecule has 2 N–H and O–H groups in total. The van der Waals surface area contributed by atoms with Gasteiger partial charge in [-0.25, -0.2) is 4.39 Å². The second-order valence-electron chi connectivity index (χ2n) is 6.23. The van der Waals surface area contributed by atoms with Crippen LogP contribution in [-0.4, -0.2) is 46.6 Å². The Morgan fingerprint density at radius 3 is 2.32 bits per heavy atom. The summed E-state index contributed by atoms with van der Waals surface area (Å²) in [6, 6.07) is 10.9. The Kier molecular flexibility index (Phi) is 5.75. The summed E-state index contributed by atoms with van der Waals surface area (Å²) in [6.07, 6.45) is 0. The highest BCUT2D eigenvalue weighted by molar-refractivity contribution is 6.46. The van der Waals surface area contributed by atoms with Gasteiger partial charge in [-0.05, 0) is 48.9 Å². The van der Waals surface area contributed by atoms with Crippen LogP contribution in [0, 0.1) is 5.82 Å². The van der Waals surface area contributed by atoms with E-state index in [2.05, 4.69) is 0 Å². The van der Waals surface area contributed by atoms with Gasteiger partial charge in [-0.2, -0.15) is 0 Å². The molecule has 0 bridgehead atoms. The fourth-order valence-corrected chi connectivity index (χ4v) is 3.24. The molecule has 1 unspecified atom stereocenters. The summed E-state index contributed by atoms with van der Waals surface area (Å²) in [5, 5.41) is 20.1. The van der Waals surface area contributed by atoms with Gasteiger partial charge in [0.2, 0.25) is 0 Å². The van der Waals surface area contributed by atoms with E-state index in [4.69, 9.17) is 4.74 Å². The van der Waals surface area contributed by atoms with E-state index < -0.39 is 29.3 Å². The van der Waals surface area contributed by atoms with Gasteiger partial charge in [0.25, 0.3) is 11.7 Å². The molecule has 1 atom stereocenters. The van der Waals surface area contributed by atoms with Gasteiger partial charge in [-0.1, -0.05) is 12.1 Å². The summed E-state index contributed by atoms with van der Waals surface area (Å²) in [5.74, 6) is -1.91. The fraction of sp³-hybridized carbons (Fsp3) is 0.238. The van der Waals surface area contributed by atoms with E-state index >= 15 is 0 Å². The molecule has 1 heterocycles. The minimum absolute atomic E-state index is 0.0668. The van der Waals surface area contributed by atoms with E-state index in [0.717, 1.165) is 12.1 Å². The second kappa shape index (κ2) is 8.22. The van der Waals surface area contributed by atoms with E-state index in [-0.39, 0.29) is 24.3 Å². The van der Waals surface area contributed by atoms with Gasteiger partial charge in [-0.3, -0.25) is 9.59 Å². The van der Waals surface area contributed by atoms with Gasteiger partial charge in [0.1, 0.15) is 17.3 Å². The van der Waals surface area contributed by atoms with Gasteiger partial charge in [0, 0.05) is 12.1 Å². The number of hydrogen-bond acceptors (Lipinski definition) is 5. The van der Waals surface area contributed by atoms with Crippen molar-refractivity contribution in [1.82, 2.24) is 4.90 Å². The molecule has 3 rings (SSSR count). The smallest absolute Gasteiger partial charge is 0.295 e. The van der Waals surface area contributed by atoms with Gasteiger partial charge in [-0.15, -0.1) is 0 Å². The van der Waals surface area contributed by atoms with Crippen LogP contribution in [0.4, 0.5) is 4.39 Å². The molecule has 0 aliphatic carbocycles. The number of hydrogen-bond donors (Lipinski definition) is 2. The Morgan fingerprint density at radius 1 is 1.11 bits per heavy atom. The Labute approximate surface area is 161 Å². The van der Waals surface area contributed by atoms with Gasteiger partial charge < -0.3 is 19.8 Å². The molecule has 1 aliphatic rings. The minimum atomic E-state index is -0.868. The van der Waals surface area contributed by atoms with E-state index in [0.29, 0.717) is 17.9 Å². The molecule has 0 radical (unpaired) electrons. The van der Waals surface area contributed by atoms with Crippen LogP contribution in [0.3, 0.4) is 0 Å². The molecule has 0 saturated carbocycles. The van der Waals surface area contributed by atoms with Crippen molar-refractivity contribution < 1.29 is 28.9 Å². The zero-order valence-electron chi connectivity index (χ0n) is 15.3. The lowest BCUT2D eigenvalue weighted by molar-refractivity contribution is -0.140. The normalized spacial score (nSPS) is 18.5. The summed E-state index contributed by atoms with van der Waals surface area (Å²) in [6.45, 7) is 1.94. The van der Waals surface area contributed by atoms with Crippen LogP contribution in [0.15, 0.2) is 54.1 Å². The molecule has 0 spiro atoms. The number of β-amino-alcohol motifs (C(OH)–C–C–N with tert-alkyl or cyclic N) is 1. The van der Waals surface area contributed by atoms with Crippen molar-refractivity contribution in [3.05, 3.63) is 71.0 Å². The molecule has 1 fully saturated rings. The zero-order chi connectivity index (χ0) is 20.3. The maximum absolute atomic E-state index is 13.2. The molecule has 6 nitrogen and oxygen atoms in total. The maximum atomic E-state index is 13.2. The summed E-state index contributed by atoms with van der Waals surface area (Å²) in [7, 11) is 0. The van der Waals surface area contributed by atoms with E-state index in [1.165, 1.54) is 17.0 Å². The lowest BCUT2D eigenvalue weighted by atomic mass is 9.95. The first-order valence-electron chi connectivity index (χ1n) is 8.86. The highest BCUT2D eigenvalue weighted by atomic mass is 19.1. The minimum Gasteiger partial charge on any atom is -0.507 e. The number of carbonyl (C=O) groups is 2. The van der Waals surface area contributed by atoms with E-state index in [1.54, 1.807) is 24.3 Å². The monoisotopic (exact) mass is 385 g/mol. The Bertz CT molecular complexity index is 905. The molecule has 146 valence electrons. The van der Waals surface area contributed by atoms with Crippen molar-refractivity contribution >= 4 is 17.4 Å². The number of likely N-dealkylation sites (tertiary alicyclic amines) is 1. The number of ketones is 1. The predicted molar refractivity (Wildman–Crippen MR) is 100 cm³/mol. The topological polar surface area (TPSA) is 87.1 Å². The average molecular weight is 385 g/mol. The van der Waals surface area contributed by atoms with Gasteiger partial charge >= 0.3 is 0 Å². The number of nitrogens with zero attached hydrogens (tertiary/aromatic N) is 1. The van der Waals surface area contributed by atoms with E-state index in [1.807, 2.05) is 6.92 Å². The van der Waals surface area contributed by atoms with Crippen LogP contribution < -0.4 is 4.74 Å². The third-order valence-electron chi connectivity index (χ3n) is 4.51. The largest absolute Gasteiger partial charge is 0.507 e. The molecule has 0 aromatic heterocycles. The fourth-order valence-electron chi connectivity index (χ4n) is 3.24. The Balaban J connectivity index is 2.11. The van der Waals surface area contributed by atoms with Crippen LogP contribution in [0.25, 0.3) is 5.76 Å². The third-order valence-corrected chi connectivity index (χ3v) is 4.51. The summed E-state index contributed by atoms with van der Waals surface area (Å²) in [5.41, 5.74) is 0.702. The van der Waals surface area contributed by atoms with Crippen LogP contribution in [0.2, 0.25) is 0 Å². The van der Waals surface area contributed by atoms with Gasteiger partial charge in [0.05, 0.1) is 24.8 Å². The molecular weight excluding hydrogens is 365 g/mol. The zero-order valence-corrected chi connectivity index (χ0v) is 15.3. The van der Waals surface area contributed by atoms with Crippen LogP contribution >= 0.6 is 0 Å². The molecular formula is C21H20FNO5. The second-order valence-corrected chi connectivity index (χ2v) is 6.23. The number of aliphatic hydroxyl groups is 2. The molecule has 2 aromatic rings. The third kappa shape index (κ3) is 3.61. The van der Waals surface area contributed by atoms with Crippen molar-refractivity contribution in [1.29, 1.82) is 0 Å². The SMILES string of the molecule is CCOc1ccc(C2/C(=C(/O)c3ccc(F)cc3)C(=O)C(=O)N2CCO)cc1. The lowest BCUT2D eigenvalue weighted by Gasteiger charge is -2.24. The first kappa shape index (κ1) is 19.6. The number of carbonyl (C=O) groups excluding carboxylic acids is 2. The van der Waals surface area contributed by atoms with Gasteiger partial charge in [0.15, 0.2) is 0 Å². The number of benzene rings is 2. The van der Waals surface area contributed by atoms with Crippen molar-refractivity contribution in [2.45, 2.75) is 13.0 Å². The predicted octanol–water partition coefficient (Wildman–Crippen LogP) is 2.64. The Morgan fingerprint density at radius 2 is 1.75 bits per heavy atom. The standard InChI is InChI=1S/C21H20FNO5/c1-2-28-16-9-5-13(6-10-16)18-17(20(26)21(27)23(18)11-12-24)19(25)14-3-7-15(22)8-4-14/h3-10,18,24-25H,2,11-12H2,1H3/b19-17-.